The van der Waals surface area contributed by atoms with E-state index in [-0.39, 0.29) is 12.8 Å². The molecule has 0 heterocycles. The molecule has 2 amide bonds. The van der Waals surface area contributed by atoms with Crippen molar-refractivity contribution in [3.8, 4) is 11.5 Å². The summed E-state index contributed by atoms with van der Waals surface area (Å²) >= 11 is 0. The normalized spacial score (nSPS) is 10.0. The highest BCUT2D eigenvalue weighted by molar-refractivity contribution is 5.91. The van der Waals surface area contributed by atoms with Crippen LogP contribution in [0, 0.1) is 6.92 Å². The predicted molar refractivity (Wildman–Crippen MR) is 91.2 cm³/mol. The molecule has 23 heavy (non-hydrogen) atoms. The van der Waals surface area contributed by atoms with E-state index in [1.807, 2.05) is 49.4 Å². The number of methoxy groups -OCH3 is 1. The summed E-state index contributed by atoms with van der Waals surface area (Å²) in [6, 6.07) is 13.0. The van der Waals surface area contributed by atoms with Gasteiger partial charge in [0.1, 0.15) is 11.5 Å². The van der Waals surface area contributed by atoms with Gasteiger partial charge in [0.2, 0.25) is 0 Å². The van der Waals surface area contributed by atoms with Crippen LogP contribution in [0.4, 0.5) is 10.5 Å². The van der Waals surface area contributed by atoms with Crippen molar-refractivity contribution in [2.24, 2.45) is 0 Å². The molecule has 0 aromatic heterocycles. The van der Waals surface area contributed by atoms with E-state index in [0.717, 1.165) is 23.3 Å². The number of hydrogen-bond acceptors (Lipinski definition) is 3. The largest absolute Gasteiger partial charge is 0.495 e. The molecule has 0 bridgehead atoms. The molecule has 2 N–H and O–H groups in total. The van der Waals surface area contributed by atoms with E-state index in [4.69, 9.17) is 9.47 Å². The average Bonchev–Trinajstić information content (AvgIpc) is 2.55. The molecule has 0 unspecified atom stereocenters. The van der Waals surface area contributed by atoms with E-state index in [1.165, 1.54) is 0 Å². The van der Waals surface area contributed by atoms with Gasteiger partial charge in [-0.1, -0.05) is 31.2 Å². The predicted octanol–water partition coefficient (Wildman–Crippen LogP) is 3.72. The van der Waals surface area contributed by atoms with Gasteiger partial charge in [0, 0.05) is 0 Å². The van der Waals surface area contributed by atoms with Crippen LogP contribution in [0.25, 0.3) is 0 Å². The Hall–Kier alpha value is -2.69. The molecule has 5 nitrogen and oxygen atoms in total. The van der Waals surface area contributed by atoms with Gasteiger partial charge in [-0.05, 0) is 42.7 Å². The summed E-state index contributed by atoms with van der Waals surface area (Å²) in [6.07, 6.45) is 0.878. The Balaban J connectivity index is 1.89. The number of aryl methyl sites for hydroxylation is 2. The topological polar surface area (TPSA) is 59.6 Å². The lowest BCUT2D eigenvalue weighted by molar-refractivity contribution is 0.234. The van der Waals surface area contributed by atoms with Crippen molar-refractivity contribution in [1.29, 1.82) is 0 Å². The third-order valence-corrected chi connectivity index (χ3v) is 3.42. The first-order chi connectivity index (χ1) is 11.1. The fraction of sp³-hybridized carbons (Fsp3) is 0.278. The maximum Gasteiger partial charge on any atom is 0.321 e. The third kappa shape index (κ3) is 4.64. The van der Waals surface area contributed by atoms with E-state index in [0.29, 0.717) is 11.4 Å². The van der Waals surface area contributed by atoms with Crippen molar-refractivity contribution in [1.82, 2.24) is 5.32 Å². The first-order valence-corrected chi connectivity index (χ1v) is 7.54. The lowest BCUT2D eigenvalue weighted by Crippen LogP contribution is -2.32. The van der Waals surface area contributed by atoms with Gasteiger partial charge in [0.05, 0.1) is 12.8 Å². The molecular formula is C18H22N2O3. The molecule has 0 radical (unpaired) electrons. The quantitative estimate of drug-likeness (QED) is 0.799. The minimum atomic E-state index is -0.345. The first kappa shape index (κ1) is 16.7. The van der Waals surface area contributed by atoms with Crippen molar-refractivity contribution in [3.63, 3.8) is 0 Å². The van der Waals surface area contributed by atoms with E-state index in [9.17, 15) is 4.79 Å². The maximum absolute atomic E-state index is 12.0. The standard InChI is InChI=1S/C18H22N2O3/c1-4-14-7-5-6-8-16(14)23-12-19-18(21)20-15-11-13(2)9-10-17(15)22-3/h5-11H,4,12H2,1-3H3,(H2,19,20,21). The number of nitrogens with one attached hydrogen (secondary N) is 2. The van der Waals surface area contributed by atoms with Gasteiger partial charge >= 0.3 is 6.03 Å². The van der Waals surface area contributed by atoms with Gasteiger partial charge in [-0.3, -0.25) is 0 Å². The number of amides is 2. The molecule has 122 valence electrons. The van der Waals surface area contributed by atoms with Crippen molar-refractivity contribution in [2.75, 3.05) is 19.2 Å². The Morgan fingerprint density at radius 3 is 2.65 bits per heavy atom. The summed E-state index contributed by atoms with van der Waals surface area (Å²) in [4.78, 5) is 12.0. The fourth-order valence-corrected chi connectivity index (χ4v) is 2.20. The van der Waals surface area contributed by atoms with Crippen molar-refractivity contribution >= 4 is 11.7 Å². The molecule has 2 aromatic carbocycles. The number of rotatable bonds is 6. The summed E-state index contributed by atoms with van der Waals surface area (Å²) in [6.45, 7) is 4.11. The number of para-hydroxylation sites is 1. The summed E-state index contributed by atoms with van der Waals surface area (Å²) < 4.78 is 10.8. The second-order valence-corrected chi connectivity index (χ2v) is 5.08. The van der Waals surface area contributed by atoms with Gasteiger partial charge < -0.3 is 20.1 Å². The van der Waals surface area contributed by atoms with Crippen LogP contribution in [0.15, 0.2) is 42.5 Å². The van der Waals surface area contributed by atoms with Crippen molar-refractivity contribution in [2.45, 2.75) is 20.3 Å². The highest BCUT2D eigenvalue weighted by Crippen LogP contribution is 2.25. The van der Waals surface area contributed by atoms with E-state index in [1.54, 1.807) is 7.11 Å². The number of benzene rings is 2. The SMILES string of the molecule is CCc1ccccc1OCNC(=O)Nc1cc(C)ccc1OC. The number of ether oxygens (including phenoxy) is 2. The minimum absolute atomic E-state index is 0.0942. The van der Waals surface area contributed by atoms with Gasteiger partial charge in [-0.2, -0.15) is 0 Å². The highest BCUT2D eigenvalue weighted by atomic mass is 16.5. The number of urea groups is 1. The summed E-state index contributed by atoms with van der Waals surface area (Å²) in [7, 11) is 1.57. The van der Waals surface area contributed by atoms with Gasteiger partial charge in [0.25, 0.3) is 0 Å². The van der Waals surface area contributed by atoms with Crippen molar-refractivity contribution in [3.05, 3.63) is 53.6 Å². The van der Waals surface area contributed by atoms with E-state index >= 15 is 0 Å². The number of hydrogen-bond donors (Lipinski definition) is 2. The smallest absolute Gasteiger partial charge is 0.321 e. The third-order valence-electron chi connectivity index (χ3n) is 3.42. The molecule has 0 fully saturated rings. The minimum Gasteiger partial charge on any atom is -0.495 e. The molecular weight excluding hydrogens is 292 g/mol. The van der Waals surface area contributed by atoms with Crippen LogP contribution in [0.1, 0.15) is 18.1 Å². The monoisotopic (exact) mass is 314 g/mol. The Kier molecular flexibility index (Phi) is 5.86. The van der Waals surface area contributed by atoms with Crippen LogP contribution in [0.2, 0.25) is 0 Å². The highest BCUT2D eigenvalue weighted by Gasteiger charge is 2.08. The van der Waals surface area contributed by atoms with Crippen LogP contribution in [0.5, 0.6) is 11.5 Å². The van der Waals surface area contributed by atoms with Crippen LogP contribution in [-0.4, -0.2) is 19.9 Å². The van der Waals surface area contributed by atoms with Gasteiger partial charge in [-0.25, -0.2) is 4.79 Å². The van der Waals surface area contributed by atoms with Crippen LogP contribution in [0.3, 0.4) is 0 Å². The molecule has 5 heteroatoms. The zero-order valence-corrected chi connectivity index (χ0v) is 13.7. The second kappa shape index (κ2) is 8.08. The first-order valence-electron chi connectivity index (χ1n) is 7.54. The second-order valence-electron chi connectivity index (χ2n) is 5.08. The zero-order valence-electron chi connectivity index (χ0n) is 13.7. The number of anilines is 1. The number of carbonyl (C=O) groups excluding carboxylic acids is 1. The molecule has 0 aliphatic heterocycles. The van der Waals surface area contributed by atoms with Crippen LogP contribution >= 0.6 is 0 Å². The molecule has 0 saturated carbocycles. The Morgan fingerprint density at radius 1 is 1.13 bits per heavy atom. The Bertz CT molecular complexity index is 671. The van der Waals surface area contributed by atoms with Gasteiger partial charge in [-0.15, -0.1) is 0 Å². The average molecular weight is 314 g/mol. The van der Waals surface area contributed by atoms with Crippen LogP contribution < -0.4 is 20.1 Å². The molecule has 0 saturated heterocycles. The molecule has 0 aliphatic rings. The van der Waals surface area contributed by atoms with E-state index in [2.05, 4.69) is 17.6 Å². The summed E-state index contributed by atoms with van der Waals surface area (Å²) in [5, 5.41) is 5.44. The lowest BCUT2D eigenvalue weighted by Gasteiger charge is -2.13. The fourth-order valence-electron chi connectivity index (χ4n) is 2.20. The van der Waals surface area contributed by atoms with Crippen molar-refractivity contribution < 1.29 is 14.3 Å². The Morgan fingerprint density at radius 2 is 1.91 bits per heavy atom. The number of carbonyl (C=O) groups is 1. The molecule has 2 rings (SSSR count). The van der Waals surface area contributed by atoms with Gasteiger partial charge in [0.15, 0.2) is 6.73 Å². The maximum atomic E-state index is 12.0. The lowest BCUT2D eigenvalue weighted by atomic mass is 10.1. The summed E-state index contributed by atoms with van der Waals surface area (Å²) in [5.74, 6) is 1.39. The zero-order chi connectivity index (χ0) is 16.7. The molecule has 0 spiro atoms. The molecule has 0 aliphatic carbocycles. The molecule has 2 aromatic rings. The Labute approximate surface area is 136 Å². The van der Waals surface area contributed by atoms with E-state index < -0.39 is 0 Å². The molecule has 0 atom stereocenters. The summed E-state index contributed by atoms with van der Waals surface area (Å²) in [5.41, 5.74) is 2.77. The van der Waals surface area contributed by atoms with Crippen LogP contribution in [-0.2, 0) is 6.42 Å².